The van der Waals surface area contributed by atoms with Gasteiger partial charge in [0.05, 0.1) is 5.92 Å². The summed E-state index contributed by atoms with van der Waals surface area (Å²) in [5, 5.41) is 10.8. The summed E-state index contributed by atoms with van der Waals surface area (Å²) in [5.41, 5.74) is 1.94. The van der Waals surface area contributed by atoms with Crippen molar-refractivity contribution in [2.75, 3.05) is 16.8 Å². The molecule has 1 aromatic heterocycles. The molecule has 176 valence electrons. The van der Waals surface area contributed by atoms with E-state index in [0.29, 0.717) is 23.5 Å². The predicted octanol–water partition coefficient (Wildman–Crippen LogP) is 4.45. The molecule has 9 heteroatoms. The number of carbonyl (C=O) groups is 2. The molecule has 2 heterocycles. The van der Waals surface area contributed by atoms with E-state index < -0.39 is 5.92 Å². The van der Waals surface area contributed by atoms with Crippen LogP contribution >= 0.6 is 0 Å². The molecule has 1 atom stereocenters. The van der Waals surface area contributed by atoms with Gasteiger partial charge in [-0.15, -0.1) is 10.2 Å². The van der Waals surface area contributed by atoms with Crippen LogP contribution in [0.2, 0.25) is 0 Å². The molecule has 0 spiro atoms. The van der Waals surface area contributed by atoms with E-state index in [1.54, 1.807) is 41.3 Å². The lowest BCUT2D eigenvalue weighted by atomic mass is 10.1. The topological polar surface area (TPSA) is 97.6 Å². The highest BCUT2D eigenvalue weighted by atomic mass is 19.1. The number of hydrogen-bond donors (Lipinski definition) is 1. The van der Waals surface area contributed by atoms with Crippen LogP contribution in [0.1, 0.15) is 12.3 Å². The van der Waals surface area contributed by atoms with E-state index in [4.69, 9.17) is 9.15 Å². The molecule has 1 aliphatic heterocycles. The number of rotatable bonds is 7. The Morgan fingerprint density at radius 1 is 1.06 bits per heavy atom. The molecular formula is C26H21FN4O4. The van der Waals surface area contributed by atoms with E-state index in [1.807, 2.05) is 30.3 Å². The first kappa shape index (κ1) is 22.3. The van der Waals surface area contributed by atoms with Gasteiger partial charge in [-0.3, -0.25) is 9.59 Å². The highest BCUT2D eigenvalue weighted by Gasteiger charge is 2.35. The minimum absolute atomic E-state index is 0.0226. The monoisotopic (exact) mass is 472 g/mol. The van der Waals surface area contributed by atoms with E-state index in [0.717, 1.165) is 5.69 Å². The van der Waals surface area contributed by atoms with Gasteiger partial charge in [-0.2, -0.15) is 0 Å². The maximum absolute atomic E-state index is 13.1. The smallest absolute Gasteiger partial charge is 0.254 e. The zero-order valence-electron chi connectivity index (χ0n) is 18.6. The molecule has 0 saturated carbocycles. The number of ether oxygens (including phenoxy) is 1. The van der Waals surface area contributed by atoms with E-state index in [1.165, 1.54) is 12.1 Å². The number of nitrogens with one attached hydrogen (secondary N) is 1. The molecule has 0 bridgehead atoms. The molecule has 1 saturated heterocycles. The Bertz CT molecular complexity index is 1340. The number of halogens is 1. The Balaban J connectivity index is 1.18. The fourth-order valence-corrected chi connectivity index (χ4v) is 3.81. The maximum Gasteiger partial charge on any atom is 0.254 e. The molecule has 0 unspecified atom stereocenters. The fraction of sp³-hybridized carbons (Fsp3) is 0.154. The molecule has 0 aliphatic carbocycles. The minimum Gasteiger partial charge on any atom is -0.484 e. The lowest BCUT2D eigenvalue weighted by Crippen LogP contribution is -2.28. The number of carbonyl (C=O) groups excluding carboxylic acids is 2. The fourth-order valence-electron chi connectivity index (χ4n) is 3.81. The van der Waals surface area contributed by atoms with Crippen LogP contribution in [0.4, 0.5) is 15.8 Å². The van der Waals surface area contributed by atoms with Crippen molar-refractivity contribution in [2.45, 2.75) is 13.0 Å². The van der Waals surface area contributed by atoms with Gasteiger partial charge in [0.1, 0.15) is 11.6 Å². The van der Waals surface area contributed by atoms with E-state index in [2.05, 4.69) is 15.5 Å². The predicted molar refractivity (Wildman–Crippen MR) is 126 cm³/mol. The normalized spacial score (nSPS) is 15.3. The third-order valence-electron chi connectivity index (χ3n) is 5.59. The van der Waals surface area contributed by atoms with Crippen LogP contribution in [0.3, 0.4) is 0 Å². The molecule has 1 aliphatic rings. The van der Waals surface area contributed by atoms with Crippen molar-refractivity contribution in [2.24, 2.45) is 5.92 Å². The van der Waals surface area contributed by atoms with Crippen LogP contribution in [0.25, 0.3) is 11.5 Å². The Morgan fingerprint density at radius 2 is 1.86 bits per heavy atom. The molecule has 35 heavy (non-hydrogen) atoms. The summed E-state index contributed by atoms with van der Waals surface area (Å²) < 4.78 is 24.4. The molecule has 4 aromatic rings. The van der Waals surface area contributed by atoms with Crippen LogP contribution in [-0.2, 0) is 16.2 Å². The zero-order chi connectivity index (χ0) is 24.2. The second-order valence-corrected chi connectivity index (χ2v) is 8.05. The van der Waals surface area contributed by atoms with Crippen LogP contribution in [0, 0.1) is 11.7 Å². The van der Waals surface area contributed by atoms with Gasteiger partial charge >= 0.3 is 0 Å². The Kier molecular flexibility index (Phi) is 6.21. The molecule has 8 nitrogen and oxygen atoms in total. The summed E-state index contributed by atoms with van der Waals surface area (Å²) in [4.78, 5) is 26.8. The SMILES string of the molecule is O=C(Nc1cccc(OCc2nnc(-c3ccc(F)cc3)o2)c1)[C@H]1CC(=O)N(c2ccccc2)C1. The molecule has 5 rings (SSSR count). The van der Waals surface area contributed by atoms with Crippen LogP contribution < -0.4 is 15.0 Å². The summed E-state index contributed by atoms with van der Waals surface area (Å²) in [5.74, 6) is -0.0857. The molecule has 0 radical (unpaired) electrons. The second-order valence-electron chi connectivity index (χ2n) is 8.05. The summed E-state index contributed by atoms with van der Waals surface area (Å²) in [6, 6.07) is 22.0. The zero-order valence-corrected chi connectivity index (χ0v) is 18.6. The third-order valence-corrected chi connectivity index (χ3v) is 5.59. The van der Waals surface area contributed by atoms with E-state index in [-0.39, 0.29) is 42.4 Å². The van der Waals surface area contributed by atoms with Crippen molar-refractivity contribution in [1.29, 1.82) is 0 Å². The Hall–Kier alpha value is -4.53. The highest BCUT2D eigenvalue weighted by Crippen LogP contribution is 2.27. The first-order chi connectivity index (χ1) is 17.0. The van der Waals surface area contributed by atoms with Crippen LogP contribution in [0.15, 0.2) is 83.3 Å². The number of hydrogen-bond acceptors (Lipinski definition) is 6. The largest absolute Gasteiger partial charge is 0.484 e. The first-order valence-electron chi connectivity index (χ1n) is 11.0. The lowest BCUT2D eigenvalue weighted by molar-refractivity contribution is -0.122. The Morgan fingerprint density at radius 3 is 2.66 bits per heavy atom. The number of anilines is 2. The molecule has 1 N–H and O–H groups in total. The van der Waals surface area contributed by atoms with Crippen molar-refractivity contribution in [3.63, 3.8) is 0 Å². The summed E-state index contributed by atoms with van der Waals surface area (Å²) in [6.45, 7) is 0.354. The first-order valence-corrected chi connectivity index (χ1v) is 11.0. The van der Waals surface area contributed by atoms with Crippen molar-refractivity contribution >= 4 is 23.2 Å². The Labute approximate surface area is 200 Å². The van der Waals surface area contributed by atoms with Gasteiger partial charge in [0.25, 0.3) is 5.89 Å². The van der Waals surface area contributed by atoms with Gasteiger partial charge in [-0.05, 0) is 48.5 Å². The second kappa shape index (κ2) is 9.76. The van der Waals surface area contributed by atoms with Crippen molar-refractivity contribution < 1.29 is 23.1 Å². The minimum atomic E-state index is -0.449. The van der Waals surface area contributed by atoms with Crippen molar-refractivity contribution in [3.8, 4) is 17.2 Å². The summed E-state index contributed by atoms with van der Waals surface area (Å²) in [6.07, 6.45) is 0.157. The van der Waals surface area contributed by atoms with E-state index >= 15 is 0 Å². The molecule has 3 aromatic carbocycles. The van der Waals surface area contributed by atoms with Gasteiger partial charge in [-0.1, -0.05) is 24.3 Å². The van der Waals surface area contributed by atoms with E-state index in [9.17, 15) is 14.0 Å². The molecular weight excluding hydrogens is 451 g/mol. The number of aromatic nitrogens is 2. The third kappa shape index (κ3) is 5.19. The van der Waals surface area contributed by atoms with Crippen molar-refractivity contribution in [3.05, 3.63) is 90.6 Å². The summed E-state index contributed by atoms with van der Waals surface area (Å²) in [7, 11) is 0. The summed E-state index contributed by atoms with van der Waals surface area (Å²) >= 11 is 0. The standard InChI is InChI=1S/C26H21FN4O4/c27-19-11-9-17(10-12-19)26-30-29-23(35-26)16-34-22-8-4-5-20(14-22)28-25(33)18-13-24(32)31(15-18)21-6-2-1-3-7-21/h1-12,14,18H,13,15-16H2,(H,28,33)/t18-/m0/s1. The lowest BCUT2D eigenvalue weighted by Gasteiger charge is -2.16. The van der Waals surface area contributed by atoms with Gasteiger partial charge in [0.2, 0.25) is 17.7 Å². The number of nitrogens with zero attached hydrogens (tertiary/aromatic N) is 3. The van der Waals surface area contributed by atoms with Crippen LogP contribution in [-0.4, -0.2) is 28.6 Å². The average Bonchev–Trinajstić information content (AvgIpc) is 3.51. The van der Waals surface area contributed by atoms with Gasteiger partial charge in [0, 0.05) is 36.0 Å². The number of benzene rings is 3. The number of amides is 2. The van der Waals surface area contributed by atoms with Crippen LogP contribution in [0.5, 0.6) is 5.75 Å². The molecule has 2 amide bonds. The quantitative estimate of drug-likeness (QED) is 0.427. The molecule has 1 fully saturated rings. The average molecular weight is 472 g/mol. The highest BCUT2D eigenvalue weighted by molar-refractivity contribution is 6.03. The van der Waals surface area contributed by atoms with Crippen molar-refractivity contribution in [1.82, 2.24) is 10.2 Å². The number of para-hydroxylation sites is 1. The van der Waals surface area contributed by atoms with Gasteiger partial charge in [0.15, 0.2) is 6.61 Å². The maximum atomic E-state index is 13.1. The van der Waals surface area contributed by atoms with Gasteiger partial charge < -0.3 is 19.4 Å². The van der Waals surface area contributed by atoms with Gasteiger partial charge in [-0.25, -0.2) is 4.39 Å².